The number of rotatable bonds is 5. The zero-order chi connectivity index (χ0) is 13.7. The first kappa shape index (κ1) is 14.0. The van der Waals surface area contributed by atoms with E-state index in [1.165, 1.54) is 13.1 Å². The van der Waals surface area contributed by atoms with Gasteiger partial charge in [-0.2, -0.15) is 4.39 Å². The van der Waals surface area contributed by atoms with Crippen molar-refractivity contribution in [2.75, 3.05) is 7.05 Å². The number of nitro groups is 1. The normalized spacial score (nSPS) is 11.9. The lowest BCUT2D eigenvalue weighted by Gasteiger charge is -2.12. The predicted molar refractivity (Wildman–Crippen MR) is 63.4 cm³/mol. The van der Waals surface area contributed by atoms with Gasteiger partial charge in [-0.05, 0) is 18.6 Å². The van der Waals surface area contributed by atoms with E-state index < -0.39 is 22.5 Å². The Morgan fingerprint density at radius 1 is 1.56 bits per heavy atom. The van der Waals surface area contributed by atoms with Crippen LogP contribution in [0.3, 0.4) is 0 Å². The SMILES string of the molecule is CNC(=O)C(C)NCc1ccc([N+](=O)[O-])c(F)c1. The number of hydrogen-bond acceptors (Lipinski definition) is 4. The van der Waals surface area contributed by atoms with Gasteiger partial charge in [0, 0.05) is 19.7 Å². The first-order valence-electron chi connectivity index (χ1n) is 5.33. The van der Waals surface area contributed by atoms with E-state index >= 15 is 0 Å². The fourth-order valence-corrected chi connectivity index (χ4v) is 1.39. The molecule has 0 radical (unpaired) electrons. The topological polar surface area (TPSA) is 84.3 Å². The molecule has 0 aliphatic carbocycles. The van der Waals surface area contributed by atoms with Gasteiger partial charge in [-0.3, -0.25) is 14.9 Å². The van der Waals surface area contributed by atoms with Gasteiger partial charge in [0.15, 0.2) is 0 Å². The van der Waals surface area contributed by atoms with Crippen molar-refractivity contribution in [2.45, 2.75) is 19.5 Å². The third kappa shape index (κ3) is 3.49. The van der Waals surface area contributed by atoms with Gasteiger partial charge in [0.1, 0.15) is 0 Å². The summed E-state index contributed by atoms with van der Waals surface area (Å²) in [5, 5.41) is 15.8. The summed E-state index contributed by atoms with van der Waals surface area (Å²) in [5.41, 5.74) is -0.0213. The molecule has 0 fully saturated rings. The largest absolute Gasteiger partial charge is 0.358 e. The van der Waals surface area contributed by atoms with E-state index in [-0.39, 0.29) is 12.5 Å². The summed E-state index contributed by atoms with van der Waals surface area (Å²) in [4.78, 5) is 20.9. The Balaban J connectivity index is 2.67. The molecule has 0 bridgehead atoms. The second kappa shape index (κ2) is 6.06. The third-order valence-corrected chi connectivity index (χ3v) is 2.46. The molecule has 1 atom stereocenters. The van der Waals surface area contributed by atoms with Crippen molar-refractivity contribution >= 4 is 11.6 Å². The predicted octanol–water partition coefficient (Wildman–Crippen LogP) is 0.958. The molecule has 0 aliphatic rings. The molecule has 1 aromatic rings. The highest BCUT2D eigenvalue weighted by Gasteiger charge is 2.14. The monoisotopic (exact) mass is 255 g/mol. The quantitative estimate of drug-likeness (QED) is 0.606. The molecule has 2 N–H and O–H groups in total. The van der Waals surface area contributed by atoms with Crippen LogP contribution >= 0.6 is 0 Å². The summed E-state index contributed by atoms with van der Waals surface area (Å²) in [6.07, 6.45) is 0. The summed E-state index contributed by atoms with van der Waals surface area (Å²) >= 11 is 0. The number of likely N-dealkylation sites (N-methyl/N-ethyl adjacent to an activating group) is 1. The standard InChI is InChI=1S/C11H14FN3O3/c1-7(11(16)13-2)14-6-8-3-4-10(15(17)18)9(12)5-8/h3-5,7,14H,6H2,1-2H3,(H,13,16). The van der Waals surface area contributed by atoms with Crippen molar-refractivity contribution < 1.29 is 14.1 Å². The minimum Gasteiger partial charge on any atom is -0.358 e. The van der Waals surface area contributed by atoms with Crippen LogP contribution in [0.5, 0.6) is 0 Å². The molecular weight excluding hydrogens is 241 g/mol. The van der Waals surface area contributed by atoms with Crippen LogP contribution in [0.2, 0.25) is 0 Å². The van der Waals surface area contributed by atoms with E-state index in [0.717, 1.165) is 12.1 Å². The number of nitrogens with one attached hydrogen (secondary N) is 2. The molecule has 1 amide bonds. The van der Waals surface area contributed by atoms with E-state index in [4.69, 9.17) is 0 Å². The highest BCUT2D eigenvalue weighted by atomic mass is 19.1. The highest BCUT2D eigenvalue weighted by molar-refractivity contribution is 5.80. The molecular formula is C11H14FN3O3. The van der Waals surface area contributed by atoms with Crippen LogP contribution in [0.25, 0.3) is 0 Å². The Bertz CT molecular complexity index is 465. The lowest BCUT2D eigenvalue weighted by Crippen LogP contribution is -2.40. The number of halogens is 1. The Kier molecular flexibility index (Phi) is 4.73. The molecule has 1 rings (SSSR count). The van der Waals surface area contributed by atoms with E-state index in [1.807, 2.05) is 0 Å². The Hall–Kier alpha value is -2.02. The molecule has 0 spiro atoms. The van der Waals surface area contributed by atoms with Crippen LogP contribution in [-0.4, -0.2) is 23.9 Å². The number of carbonyl (C=O) groups excluding carboxylic acids is 1. The molecule has 0 heterocycles. The summed E-state index contributed by atoms with van der Waals surface area (Å²) in [6.45, 7) is 1.92. The van der Waals surface area contributed by atoms with E-state index in [1.54, 1.807) is 6.92 Å². The van der Waals surface area contributed by atoms with Crippen molar-refractivity contribution in [3.05, 3.63) is 39.7 Å². The summed E-state index contributed by atoms with van der Waals surface area (Å²) in [7, 11) is 1.52. The maximum absolute atomic E-state index is 13.3. The van der Waals surface area contributed by atoms with Gasteiger partial charge in [0.05, 0.1) is 11.0 Å². The second-order valence-corrected chi connectivity index (χ2v) is 3.76. The summed E-state index contributed by atoms with van der Waals surface area (Å²) < 4.78 is 13.3. The van der Waals surface area contributed by atoms with Gasteiger partial charge < -0.3 is 10.6 Å². The van der Waals surface area contributed by atoms with Crippen molar-refractivity contribution in [1.82, 2.24) is 10.6 Å². The molecule has 0 aromatic heterocycles. The minimum atomic E-state index is -0.883. The highest BCUT2D eigenvalue weighted by Crippen LogP contribution is 2.17. The third-order valence-electron chi connectivity index (χ3n) is 2.46. The lowest BCUT2D eigenvalue weighted by molar-refractivity contribution is -0.387. The first-order valence-corrected chi connectivity index (χ1v) is 5.33. The minimum absolute atomic E-state index is 0.183. The fourth-order valence-electron chi connectivity index (χ4n) is 1.39. The van der Waals surface area contributed by atoms with E-state index in [9.17, 15) is 19.3 Å². The molecule has 1 aromatic carbocycles. The van der Waals surface area contributed by atoms with Crippen LogP contribution < -0.4 is 10.6 Å². The molecule has 18 heavy (non-hydrogen) atoms. The van der Waals surface area contributed by atoms with Gasteiger partial charge in [-0.25, -0.2) is 0 Å². The maximum Gasteiger partial charge on any atom is 0.304 e. The van der Waals surface area contributed by atoms with Crippen molar-refractivity contribution in [3.8, 4) is 0 Å². The zero-order valence-corrected chi connectivity index (χ0v) is 10.1. The van der Waals surface area contributed by atoms with Gasteiger partial charge in [-0.15, -0.1) is 0 Å². The average Bonchev–Trinajstić information content (AvgIpc) is 2.34. The van der Waals surface area contributed by atoms with Crippen LogP contribution in [-0.2, 0) is 11.3 Å². The fraction of sp³-hybridized carbons (Fsp3) is 0.364. The molecule has 98 valence electrons. The van der Waals surface area contributed by atoms with Crippen LogP contribution in [0, 0.1) is 15.9 Å². The van der Waals surface area contributed by atoms with Gasteiger partial charge in [0.2, 0.25) is 11.7 Å². The van der Waals surface area contributed by atoms with Crippen molar-refractivity contribution in [2.24, 2.45) is 0 Å². The first-order chi connectivity index (χ1) is 8.45. The van der Waals surface area contributed by atoms with Crippen molar-refractivity contribution in [3.63, 3.8) is 0 Å². The Morgan fingerprint density at radius 3 is 2.72 bits per heavy atom. The van der Waals surface area contributed by atoms with Gasteiger partial charge in [-0.1, -0.05) is 6.07 Å². The molecule has 0 saturated carbocycles. The van der Waals surface area contributed by atoms with Gasteiger partial charge in [0.25, 0.3) is 0 Å². The van der Waals surface area contributed by atoms with Crippen molar-refractivity contribution in [1.29, 1.82) is 0 Å². The second-order valence-electron chi connectivity index (χ2n) is 3.76. The van der Waals surface area contributed by atoms with Crippen LogP contribution in [0.4, 0.5) is 10.1 Å². The van der Waals surface area contributed by atoms with Crippen LogP contribution in [0.15, 0.2) is 18.2 Å². The lowest BCUT2D eigenvalue weighted by atomic mass is 10.2. The Labute approximate surface area is 103 Å². The summed E-state index contributed by atoms with van der Waals surface area (Å²) in [6, 6.07) is 3.22. The molecule has 1 unspecified atom stereocenters. The molecule has 0 saturated heterocycles. The Morgan fingerprint density at radius 2 is 2.22 bits per heavy atom. The smallest absolute Gasteiger partial charge is 0.304 e. The number of benzene rings is 1. The summed E-state index contributed by atoms with van der Waals surface area (Å²) in [5.74, 6) is -1.07. The average molecular weight is 255 g/mol. The zero-order valence-electron chi connectivity index (χ0n) is 10.1. The number of nitro benzene ring substituents is 1. The van der Waals surface area contributed by atoms with E-state index in [2.05, 4.69) is 10.6 Å². The number of nitrogens with zero attached hydrogens (tertiary/aromatic N) is 1. The van der Waals surface area contributed by atoms with Gasteiger partial charge >= 0.3 is 5.69 Å². The van der Waals surface area contributed by atoms with E-state index in [0.29, 0.717) is 5.56 Å². The number of amides is 1. The molecule has 7 heteroatoms. The maximum atomic E-state index is 13.3. The molecule has 6 nitrogen and oxygen atoms in total. The molecule has 0 aliphatic heterocycles. The van der Waals surface area contributed by atoms with Crippen LogP contribution in [0.1, 0.15) is 12.5 Å². The number of carbonyl (C=O) groups is 1. The number of hydrogen-bond donors (Lipinski definition) is 2.